The third-order valence-corrected chi connectivity index (χ3v) is 5.56. The number of likely N-dealkylation sites (tertiary alicyclic amines) is 1. The maximum absolute atomic E-state index is 11.4. The van der Waals surface area contributed by atoms with Gasteiger partial charge in [0.25, 0.3) is 0 Å². The molecule has 17 heavy (non-hydrogen) atoms. The summed E-state index contributed by atoms with van der Waals surface area (Å²) >= 11 is 0. The van der Waals surface area contributed by atoms with Crippen molar-refractivity contribution in [2.45, 2.75) is 43.5 Å². The largest absolute Gasteiger partial charge is 0.377 e. The molecule has 2 heterocycles. The molecule has 2 aliphatic heterocycles. The van der Waals surface area contributed by atoms with Crippen molar-refractivity contribution in [2.75, 3.05) is 32.5 Å². The van der Waals surface area contributed by atoms with Crippen molar-refractivity contribution in [1.29, 1.82) is 0 Å². The van der Waals surface area contributed by atoms with Gasteiger partial charge in [0.1, 0.15) is 9.84 Å². The molecule has 0 aromatic rings. The van der Waals surface area contributed by atoms with E-state index in [0.29, 0.717) is 6.10 Å². The Morgan fingerprint density at radius 1 is 1.18 bits per heavy atom. The lowest BCUT2D eigenvalue weighted by Gasteiger charge is -2.34. The summed E-state index contributed by atoms with van der Waals surface area (Å²) < 4.78 is 28.6. The fourth-order valence-corrected chi connectivity index (χ4v) is 3.83. The Balaban J connectivity index is 1.75. The van der Waals surface area contributed by atoms with Crippen LogP contribution < -0.4 is 0 Å². The molecule has 1 atom stereocenters. The highest BCUT2D eigenvalue weighted by Gasteiger charge is 2.28. The van der Waals surface area contributed by atoms with Crippen molar-refractivity contribution < 1.29 is 13.2 Å². The highest BCUT2D eigenvalue weighted by molar-refractivity contribution is 7.91. The van der Waals surface area contributed by atoms with Crippen LogP contribution in [0.4, 0.5) is 0 Å². The van der Waals surface area contributed by atoms with Crippen LogP contribution in [0.1, 0.15) is 32.1 Å². The minimum absolute atomic E-state index is 0.119. The quantitative estimate of drug-likeness (QED) is 0.762. The first-order valence-corrected chi connectivity index (χ1v) is 8.54. The number of hydrogen-bond acceptors (Lipinski definition) is 4. The van der Waals surface area contributed by atoms with E-state index in [4.69, 9.17) is 4.74 Å². The Labute approximate surface area is 104 Å². The van der Waals surface area contributed by atoms with E-state index in [1.807, 2.05) is 0 Å². The molecule has 0 saturated carbocycles. The second-order valence-electron chi connectivity index (χ2n) is 5.32. The first-order valence-electron chi connectivity index (χ1n) is 6.58. The van der Waals surface area contributed by atoms with Gasteiger partial charge in [-0.15, -0.1) is 0 Å². The van der Waals surface area contributed by atoms with E-state index in [1.54, 1.807) is 0 Å². The third-order valence-electron chi connectivity index (χ3n) is 3.88. The van der Waals surface area contributed by atoms with Crippen LogP contribution in [0, 0.1) is 0 Å². The van der Waals surface area contributed by atoms with E-state index in [9.17, 15) is 8.42 Å². The van der Waals surface area contributed by atoms with Gasteiger partial charge in [-0.05, 0) is 45.2 Å². The summed E-state index contributed by atoms with van der Waals surface area (Å²) in [7, 11) is -2.84. The van der Waals surface area contributed by atoms with Crippen molar-refractivity contribution in [3.05, 3.63) is 0 Å². The summed E-state index contributed by atoms with van der Waals surface area (Å²) in [4.78, 5) is 2.36. The SMILES string of the molecule is CS(=O)(=O)C1CCN(CC2CCCCO2)CC1. The van der Waals surface area contributed by atoms with Crippen LogP contribution in [-0.2, 0) is 14.6 Å². The predicted octanol–water partition coefficient (Wildman–Crippen LogP) is 1.06. The fourth-order valence-electron chi connectivity index (χ4n) is 2.76. The minimum atomic E-state index is -2.84. The van der Waals surface area contributed by atoms with Gasteiger partial charge in [0.2, 0.25) is 0 Å². The maximum Gasteiger partial charge on any atom is 0.150 e. The highest BCUT2D eigenvalue weighted by atomic mass is 32.2. The summed E-state index contributed by atoms with van der Waals surface area (Å²) in [5, 5.41) is -0.119. The average molecular weight is 261 g/mol. The molecule has 1 unspecified atom stereocenters. The van der Waals surface area contributed by atoms with Crippen molar-refractivity contribution in [2.24, 2.45) is 0 Å². The zero-order valence-electron chi connectivity index (χ0n) is 10.6. The van der Waals surface area contributed by atoms with E-state index >= 15 is 0 Å². The van der Waals surface area contributed by atoms with E-state index < -0.39 is 9.84 Å². The number of sulfone groups is 1. The summed E-state index contributed by atoms with van der Waals surface area (Å²) in [6.07, 6.45) is 6.91. The minimum Gasteiger partial charge on any atom is -0.377 e. The van der Waals surface area contributed by atoms with Crippen LogP contribution in [0.15, 0.2) is 0 Å². The Hall–Kier alpha value is -0.130. The molecule has 0 spiro atoms. The summed E-state index contributed by atoms with van der Waals surface area (Å²) in [6, 6.07) is 0. The normalized spacial score (nSPS) is 29.4. The Morgan fingerprint density at radius 3 is 2.41 bits per heavy atom. The second kappa shape index (κ2) is 5.67. The standard InChI is InChI=1S/C12H23NO3S/c1-17(14,15)12-5-7-13(8-6-12)10-11-4-2-3-9-16-11/h11-12H,2-10H2,1H3. The van der Waals surface area contributed by atoms with Crippen LogP contribution >= 0.6 is 0 Å². The van der Waals surface area contributed by atoms with Gasteiger partial charge < -0.3 is 9.64 Å². The Morgan fingerprint density at radius 2 is 1.88 bits per heavy atom. The molecule has 2 fully saturated rings. The zero-order chi connectivity index (χ0) is 12.3. The molecule has 100 valence electrons. The molecule has 2 aliphatic rings. The van der Waals surface area contributed by atoms with Crippen molar-refractivity contribution in [3.8, 4) is 0 Å². The molecule has 0 amide bonds. The van der Waals surface area contributed by atoms with E-state index in [0.717, 1.165) is 45.5 Å². The zero-order valence-corrected chi connectivity index (χ0v) is 11.4. The summed E-state index contributed by atoms with van der Waals surface area (Å²) in [6.45, 7) is 3.68. The Kier molecular flexibility index (Phi) is 4.44. The van der Waals surface area contributed by atoms with Gasteiger partial charge in [0, 0.05) is 19.4 Å². The molecular weight excluding hydrogens is 238 g/mol. The molecule has 0 bridgehead atoms. The number of rotatable bonds is 3. The first-order chi connectivity index (χ1) is 8.05. The van der Waals surface area contributed by atoms with Gasteiger partial charge in [-0.3, -0.25) is 0 Å². The van der Waals surface area contributed by atoms with Gasteiger partial charge in [-0.1, -0.05) is 0 Å². The predicted molar refractivity (Wildman–Crippen MR) is 67.9 cm³/mol. The molecular formula is C12H23NO3S. The highest BCUT2D eigenvalue weighted by Crippen LogP contribution is 2.20. The lowest BCUT2D eigenvalue weighted by Crippen LogP contribution is -2.43. The molecule has 0 N–H and O–H groups in total. The third kappa shape index (κ3) is 3.93. The number of ether oxygens (including phenoxy) is 1. The molecule has 4 nitrogen and oxygen atoms in total. The van der Waals surface area contributed by atoms with Crippen molar-refractivity contribution in [1.82, 2.24) is 4.90 Å². The molecule has 0 aromatic heterocycles. The van der Waals surface area contributed by atoms with Crippen LogP contribution in [0.2, 0.25) is 0 Å². The molecule has 2 rings (SSSR count). The van der Waals surface area contributed by atoms with E-state index in [2.05, 4.69) is 4.90 Å². The number of piperidine rings is 1. The second-order valence-corrected chi connectivity index (χ2v) is 7.64. The lowest BCUT2D eigenvalue weighted by atomic mass is 10.1. The van der Waals surface area contributed by atoms with Gasteiger partial charge in [-0.25, -0.2) is 8.42 Å². The molecule has 0 radical (unpaired) electrons. The van der Waals surface area contributed by atoms with Crippen molar-refractivity contribution in [3.63, 3.8) is 0 Å². The van der Waals surface area contributed by atoms with Crippen LogP contribution in [0.25, 0.3) is 0 Å². The Bertz CT molecular complexity index is 328. The molecule has 2 saturated heterocycles. The maximum atomic E-state index is 11.4. The van der Waals surface area contributed by atoms with Crippen LogP contribution in [-0.4, -0.2) is 57.2 Å². The molecule has 5 heteroatoms. The number of nitrogens with zero attached hydrogens (tertiary/aromatic N) is 1. The van der Waals surface area contributed by atoms with E-state index in [-0.39, 0.29) is 5.25 Å². The van der Waals surface area contributed by atoms with Crippen LogP contribution in [0.5, 0.6) is 0 Å². The van der Waals surface area contributed by atoms with Gasteiger partial charge in [0.15, 0.2) is 0 Å². The first kappa shape index (κ1) is 13.3. The molecule has 0 aliphatic carbocycles. The van der Waals surface area contributed by atoms with Gasteiger partial charge in [-0.2, -0.15) is 0 Å². The number of hydrogen-bond donors (Lipinski definition) is 0. The smallest absolute Gasteiger partial charge is 0.150 e. The molecule has 0 aromatic carbocycles. The monoisotopic (exact) mass is 261 g/mol. The fraction of sp³-hybridized carbons (Fsp3) is 1.00. The van der Waals surface area contributed by atoms with Gasteiger partial charge in [0.05, 0.1) is 11.4 Å². The van der Waals surface area contributed by atoms with Crippen molar-refractivity contribution >= 4 is 9.84 Å². The lowest BCUT2D eigenvalue weighted by molar-refractivity contribution is -0.00839. The topological polar surface area (TPSA) is 46.6 Å². The summed E-state index contributed by atoms with van der Waals surface area (Å²) in [5.41, 5.74) is 0. The van der Waals surface area contributed by atoms with E-state index in [1.165, 1.54) is 19.1 Å². The average Bonchev–Trinajstić information content (AvgIpc) is 2.30. The summed E-state index contributed by atoms with van der Waals surface area (Å²) in [5.74, 6) is 0. The van der Waals surface area contributed by atoms with Crippen LogP contribution in [0.3, 0.4) is 0 Å². The van der Waals surface area contributed by atoms with Gasteiger partial charge >= 0.3 is 0 Å².